The highest BCUT2D eigenvalue weighted by atomic mass is 35.5. The Kier molecular flexibility index (Phi) is 4.99. The number of rotatable bonds is 4. The Balaban J connectivity index is 1.12. The molecule has 2 aliphatic carbocycles. The maximum absolute atomic E-state index is 13.0. The molecule has 3 amide bonds. The molecule has 0 spiro atoms. The van der Waals surface area contributed by atoms with Crippen molar-refractivity contribution in [3.63, 3.8) is 0 Å². The van der Waals surface area contributed by atoms with Gasteiger partial charge in [-0.25, -0.2) is 0 Å². The maximum atomic E-state index is 13.0. The van der Waals surface area contributed by atoms with Gasteiger partial charge in [-0.15, -0.1) is 0 Å². The monoisotopic (exact) mass is 478 g/mol. The minimum atomic E-state index is -0.595. The highest BCUT2D eigenvalue weighted by molar-refractivity contribution is 6.31. The Hall–Kier alpha value is -3.19. The first-order valence-corrected chi connectivity index (χ1v) is 12.0. The number of carbonyl (C=O) groups is 4. The van der Waals surface area contributed by atoms with Crippen molar-refractivity contribution in [3.05, 3.63) is 53.6 Å². The van der Waals surface area contributed by atoms with Crippen molar-refractivity contribution in [3.8, 4) is 5.75 Å². The fourth-order valence-corrected chi connectivity index (χ4v) is 6.47. The van der Waals surface area contributed by atoms with Gasteiger partial charge in [-0.3, -0.25) is 24.1 Å². The molecule has 4 fully saturated rings. The number of nitrogens with zero attached hydrogens (tertiary/aromatic N) is 2. The summed E-state index contributed by atoms with van der Waals surface area (Å²) in [5, 5.41) is 0.516. The highest BCUT2D eigenvalue weighted by Crippen LogP contribution is 2.56. The minimum absolute atomic E-state index is 0.0608. The lowest BCUT2D eigenvalue weighted by molar-refractivity contribution is -0.139. The van der Waals surface area contributed by atoms with Crippen molar-refractivity contribution in [1.29, 1.82) is 0 Å². The van der Waals surface area contributed by atoms with E-state index in [1.807, 2.05) is 0 Å². The fourth-order valence-electron chi connectivity index (χ4n) is 6.28. The van der Waals surface area contributed by atoms with E-state index in [0.717, 1.165) is 19.3 Å². The molecule has 174 valence electrons. The van der Waals surface area contributed by atoms with Gasteiger partial charge in [0, 0.05) is 23.7 Å². The number of amides is 3. The Bertz CT molecular complexity index is 1180. The number of fused-ring (bicyclic) bond motifs is 5. The minimum Gasteiger partial charge on any atom is -0.426 e. The first-order valence-electron chi connectivity index (χ1n) is 11.7. The van der Waals surface area contributed by atoms with Crippen molar-refractivity contribution in [2.75, 3.05) is 16.3 Å². The van der Waals surface area contributed by atoms with Crippen molar-refractivity contribution in [2.45, 2.75) is 25.7 Å². The molecule has 2 aliphatic heterocycles. The smallest absolute Gasteiger partial charge is 0.316 e. The Morgan fingerprint density at radius 1 is 0.912 bits per heavy atom. The van der Waals surface area contributed by atoms with Gasteiger partial charge in [-0.05, 0) is 73.6 Å². The van der Waals surface area contributed by atoms with Gasteiger partial charge in [0.2, 0.25) is 17.7 Å². The third-order valence-corrected chi connectivity index (χ3v) is 8.05. The van der Waals surface area contributed by atoms with Crippen LogP contribution in [0.3, 0.4) is 0 Å². The fraction of sp³-hybridized carbons (Fsp3) is 0.385. The molecule has 2 aromatic carbocycles. The third-order valence-electron chi connectivity index (χ3n) is 7.82. The quantitative estimate of drug-likeness (QED) is 0.379. The molecule has 4 aliphatic rings. The maximum Gasteiger partial charge on any atom is 0.316 e. The summed E-state index contributed by atoms with van der Waals surface area (Å²) in [6.07, 6.45) is 3.12. The summed E-state index contributed by atoms with van der Waals surface area (Å²) in [7, 11) is 0. The molecule has 2 aromatic rings. The zero-order valence-electron chi connectivity index (χ0n) is 18.4. The molecule has 0 unspecified atom stereocenters. The molecule has 6 rings (SSSR count). The molecule has 34 heavy (non-hydrogen) atoms. The number of ether oxygens (including phenoxy) is 1. The average Bonchev–Trinajstić information content (AvgIpc) is 3.58. The Morgan fingerprint density at radius 3 is 2.24 bits per heavy atom. The number of esters is 1. The molecule has 5 atom stereocenters. The van der Waals surface area contributed by atoms with E-state index in [4.69, 9.17) is 16.3 Å². The predicted molar refractivity (Wildman–Crippen MR) is 124 cm³/mol. The first-order chi connectivity index (χ1) is 16.4. The van der Waals surface area contributed by atoms with Crippen LogP contribution in [0.2, 0.25) is 5.02 Å². The van der Waals surface area contributed by atoms with E-state index in [1.165, 1.54) is 9.80 Å². The lowest BCUT2D eigenvalue weighted by atomic mass is 9.81. The number of benzene rings is 2. The number of anilines is 2. The number of imide groups is 1. The average molecular weight is 479 g/mol. The molecule has 2 saturated heterocycles. The second kappa shape index (κ2) is 7.94. The van der Waals surface area contributed by atoms with Crippen molar-refractivity contribution in [1.82, 2.24) is 0 Å². The molecule has 2 bridgehead atoms. The molecule has 0 N–H and O–H groups in total. The highest BCUT2D eigenvalue weighted by Gasteiger charge is 2.61. The van der Waals surface area contributed by atoms with Crippen LogP contribution in [0, 0.1) is 29.6 Å². The van der Waals surface area contributed by atoms with E-state index < -0.39 is 11.9 Å². The summed E-state index contributed by atoms with van der Waals surface area (Å²) in [4.78, 5) is 54.0. The summed E-state index contributed by atoms with van der Waals surface area (Å²) >= 11 is 6.02. The lowest BCUT2D eigenvalue weighted by Crippen LogP contribution is -2.32. The van der Waals surface area contributed by atoms with Crippen LogP contribution < -0.4 is 14.5 Å². The third kappa shape index (κ3) is 3.33. The van der Waals surface area contributed by atoms with Crippen LogP contribution in [0.4, 0.5) is 11.4 Å². The van der Waals surface area contributed by atoms with Gasteiger partial charge >= 0.3 is 5.97 Å². The van der Waals surface area contributed by atoms with E-state index in [2.05, 4.69) is 0 Å². The molecule has 0 aromatic heterocycles. The van der Waals surface area contributed by atoms with Crippen molar-refractivity contribution >= 4 is 46.7 Å². The number of hydrogen-bond donors (Lipinski definition) is 0. The topological polar surface area (TPSA) is 84.0 Å². The largest absolute Gasteiger partial charge is 0.426 e. The standard InChI is InChI=1S/C26H23ClN2O5/c27-17-2-1-3-19(12-17)28-13-16(11-21(28)30)26(33)34-20-8-6-18(7-9-20)29-24(31)22-14-4-5-15(10-14)23(22)25(29)32/h1-3,6-9,12,14-16,22-23H,4-5,10-11,13H2/t14-,15-,16+,22-,23+/m0/s1. The number of carbonyl (C=O) groups excluding carboxylic acids is 4. The van der Waals surface area contributed by atoms with Gasteiger partial charge in [0.05, 0.1) is 23.4 Å². The van der Waals surface area contributed by atoms with Crippen LogP contribution >= 0.6 is 11.6 Å². The molecular weight excluding hydrogens is 456 g/mol. The summed E-state index contributed by atoms with van der Waals surface area (Å²) in [6, 6.07) is 13.4. The zero-order chi connectivity index (χ0) is 23.6. The van der Waals surface area contributed by atoms with Gasteiger partial charge in [-0.2, -0.15) is 0 Å². The van der Waals surface area contributed by atoms with Crippen molar-refractivity contribution in [2.24, 2.45) is 29.6 Å². The van der Waals surface area contributed by atoms with Gasteiger partial charge in [0.1, 0.15) is 5.75 Å². The van der Waals surface area contributed by atoms with Gasteiger partial charge in [0.25, 0.3) is 0 Å². The molecule has 0 radical (unpaired) electrons. The molecular formula is C26H23ClN2O5. The zero-order valence-corrected chi connectivity index (χ0v) is 19.1. The number of hydrogen-bond acceptors (Lipinski definition) is 5. The second-order valence-electron chi connectivity index (χ2n) is 9.70. The van der Waals surface area contributed by atoms with E-state index in [1.54, 1.807) is 48.5 Å². The van der Waals surface area contributed by atoms with Gasteiger partial charge < -0.3 is 9.64 Å². The van der Waals surface area contributed by atoms with Gasteiger partial charge in [0.15, 0.2) is 0 Å². The van der Waals surface area contributed by atoms with Crippen LogP contribution in [0.15, 0.2) is 48.5 Å². The van der Waals surface area contributed by atoms with E-state index >= 15 is 0 Å². The van der Waals surface area contributed by atoms with E-state index in [0.29, 0.717) is 34.0 Å². The lowest BCUT2D eigenvalue weighted by Gasteiger charge is -2.19. The van der Waals surface area contributed by atoms with E-state index in [9.17, 15) is 19.2 Å². The van der Waals surface area contributed by atoms with Crippen LogP contribution in [0.5, 0.6) is 5.75 Å². The van der Waals surface area contributed by atoms with Crippen LogP contribution in [-0.4, -0.2) is 30.2 Å². The number of halogens is 1. The van der Waals surface area contributed by atoms with Crippen LogP contribution in [-0.2, 0) is 19.2 Å². The Labute approximate surface area is 201 Å². The predicted octanol–water partition coefficient (Wildman–Crippen LogP) is 3.83. The molecule has 7 nitrogen and oxygen atoms in total. The normalized spacial score (nSPS) is 29.8. The first kappa shape index (κ1) is 21.4. The molecule has 2 heterocycles. The van der Waals surface area contributed by atoms with Crippen molar-refractivity contribution < 1.29 is 23.9 Å². The van der Waals surface area contributed by atoms with Crippen LogP contribution in [0.25, 0.3) is 0 Å². The Morgan fingerprint density at radius 2 is 1.59 bits per heavy atom. The summed E-state index contributed by atoms with van der Waals surface area (Å²) in [5.41, 5.74) is 1.15. The molecule has 2 saturated carbocycles. The van der Waals surface area contributed by atoms with Crippen LogP contribution in [0.1, 0.15) is 25.7 Å². The van der Waals surface area contributed by atoms with Gasteiger partial charge in [-0.1, -0.05) is 17.7 Å². The summed E-state index contributed by atoms with van der Waals surface area (Å²) in [5.74, 6) is -0.832. The summed E-state index contributed by atoms with van der Waals surface area (Å²) in [6.45, 7) is 0.220. The van der Waals surface area contributed by atoms with E-state index in [-0.39, 0.29) is 42.5 Å². The second-order valence-corrected chi connectivity index (χ2v) is 10.1. The molecule has 8 heteroatoms. The summed E-state index contributed by atoms with van der Waals surface area (Å²) < 4.78 is 5.51. The SMILES string of the molecule is O=C(Oc1ccc(N2C(=O)[C@@H]3[C@H]4CC[C@@H](C4)[C@@H]3C2=O)cc1)[C@@H]1CC(=O)N(c2cccc(Cl)c2)C1.